The first kappa shape index (κ1) is 12.6. The Morgan fingerprint density at radius 1 is 1.05 bits per heavy atom. The highest BCUT2D eigenvalue weighted by Gasteiger charge is 2.53. The summed E-state index contributed by atoms with van der Waals surface area (Å²) >= 11 is 0. The fourth-order valence-corrected chi connectivity index (χ4v) is 5.59. The molecule has 0 aromatic carbocycles. The van der Waals surface area contributed by atoms with Gasteiger partial charge in [-0.3, -0.25) is 4.57 Å². The molecule has 0 atom stereocenters. The normalized spacial score (nSPS) is 38.4. The third-order valence-electron chi connectivity index (χ3n) is 5.77. The Hall–Kier alpha value is -1.10. The highest BCUT2D eigenvalue weighted by Crippen LogP contribution is 2.59. The molecule has 110 valence electrons. The van der Waals surface area contributed by atoms with Crippen LogP contribution >= 0.6 is 0 Å². The number of hydrogen-bond acceptors (Lipinski definition) is 4. The molecule has 5 nitrogen and oxygen atoms in total. The Balaban J connectivity index is 1.78. The first-order valence-corrected chi connectivity index (χ1v) is 8.01. The summed E-state index contributed by atoms with van der Waals surface area (Å²) < 4.78 is 2.45. The van der Waals surface area contributed by atoms with E-state index >= 15 is 0 Å². The first-order chi connectivity index (χ1) is 9.74. The summed E-state index contributed by atoms with van der Waals surface area (Å²) in [5.74, 6) is 4.87. The van der Waals surface area contributed by atoms with Gasteiger partial charge >= 0.3 is 0 Å². The maximum Gasteiger partial charge on any atom is 0.224 e. The Bertz CT molecular complexity index is 471. The van der Waals surface area contributed by atoms with Crippen molar-refractivity contribution in [2.24, 2.45) is 17.8 Å². The van der Waals surface area contributed by atoms with E-state index in [1.165, 1.54) is 38.5 Å². The van der Waals surface area contributed by atoms with E-state index in [9.17, 15) is 0 Å². The molecule has 1 aromatic heterocycles. The lowest BCUT2D eigenvalue weighted by atomic mass is 9.53. The zero-order valence-electron chi connectivity index (χ0n) is 12.5. The molecular formula is C15H25N5. The van der Waals surface area contributed by atoms with Crippen molar-refractivity contribution in [3.63, 3.8) is 0 Å². The van der Waals surface area contributed by atoms with Gasteiger partial charge in [-0.25, -0.2) is 0 Å². The highest BCUT2D eigenvalue weighted by molar-refractivity contribution is 5.29. The van der Waals surface area contributed by atoms with Crippen LogP contribution < -0.4 is 10.6 Å². The molecule has 1 heterocycles. The van der Waals surface area contributed by atoms with Crippen LogP contribution in [0, 0.1) is 17.8 Å². The number of aromatic nitrogens is 3. The molecule has 5 rings (SSSR count). The van der Waals surface area contributed by atoms with Gasteiger partial charge in [0.2, 0.25) is 5.95 Å². The van der Waals surface area contributed by atoms with Crippen LogP contribution in [0.4, 0.5) is 5.95 Å². The number of nitrogens with one attached hydrogen (secondary N) is 2. The zero-order chi connectivity index (χ0) is 13.7. The fraction of sp³-hybridized carbons (Fsp3) is 0.867. The predicted molar refractivity (Wildman–Crippen MR) is 78.5 cm³/mol. The summed E-state index contributed by atoms with van der Waals surface area (Å²) in [5.41, 5.74) is 0.294. The molecule has 0 radical (unpaired) electrons. The van der Waals surface area contributed by atoms with Gasteiger partial charge in [-0.05, 0) is 63.3 Å². The molecule has 20 heavy (non-hydrogen) atoms. The Kier molecular flexibility index (Phi) is 2.81. The van der Waals surface area contributed by atoms with Crippen LogP contribution in [0.25, 0.3) is 0 Å². The smallest absolute Gasteiger partial charge is 0.224 e. The Labute approximate surface area is 120 Å². The van der Waals surface area contributed by atoms with Crippen molar-refractivity contribution in [1.82, 2.24) is 20.1 Å². The maximum atomic E-state index is 4.42. The highest BCUT2D eigenvalue weighted by atomic mass is 15.4. The summed E-state index contributed by atoms with van der Waals surface area (Å²) in [7, 11) is 3.95. The van der Waals surface area contributed by atoms with Gasteiger partial charge in [-0.2, -0.15) is 0 Å². The molecule has 4 aliphatic rings. The Morgan fingerprint density at radius 3 is 2.15 bits per heavy atom. The van der Waals surface area contributed by atoms with Gasteiger partial charge in [-0.1, -0.05) is 0 Å². The quantitative estimate of drug-likeness (QED) is 0.882. The number of rotatable bonds is 4. The monoisotopic (exact) mass is 275 g/mol. The van der Waals surface area contributed by atoms with Gasteiger partial charge in [-0.15, -0.1) is 10.2 Å². The largest absolute Gasteiger partial charge is 0.357 e. The summed E-state index contributed by atoms with van der Waals surface area (Å²) in [6.07, 6.45) is 8.42. The minimum atomic E-state index is 0.294. The number of nitrogens with zero attached hydrogens (tertiary/aromatic N) is 3. The molecular weight excluding hydrogens is 250 g/mol. The molecule has 0 unspecified atom stereocenters. The topological polar surface area (TPSA) is 54.8 Å². The minimum Gasteiger partial charge on any atom is -0.357 e. The van der Waals surface area contributed by atoms with Crippen LogP contribution in [0.5, 0.6) is 0 Å². The van der Waals surface area contributed by atoms with Gasteiger partial charge in [0.15, 0.2) is 0 Å². The fourth-order valence-electron chi connectivity index (χ4n) is 5.59. The van der Waals surface area contributed by atoms with Crippen molar-refractivity contribution in [3.8, 4) is 0 Å². The van der Waals surface area contributed by atoms with Gasteiger partial charge in [0.25, 0.3) is 0 Å². The van der Waals surface area contributed by atoms with E-state index < -0.39 is 0 Å². The second-order valence-electron chi connectivity index (χ2n) is 7.20. The molecule has 4 fully saturated rings. The summed E-state index contributed by atoms with van der Waals surface area (Å²) in [6, 6.07) is 0. The molecule has 4 saturated carbocycles. The van der Waals surface area contributed by atoms with E-state index in [-0.39, 0.29) is 0 Å². The van der Waals surface area contributed by atoms with Gasteiger partial charge in [0.05, 0.1) is 12.1 Å². The van der Waals surface area contributed by atoms with E-state index in [0.717, 1.165) is 36.1 Å². The van der Waals surface area contributed by atoms with Crippen LogP contribution in [-0.2, 0) is 12.1 Å². The second-order valence-corrected chi connectivity index (χ2v) is 7.20. The number of anilines is 1. The lowest BCUT2D eigenvalue weighted by Crippen LogP contribution is -2.52. The molecule has 4 bridgehead atoms. The van der Waals surface area contributed by atoms with E-state index in [2.05, 4.69) is 25.4 Å². The van der Waals surface area contributed by atoms with Crippen LogP contribution in [0.3, 0.4) is 0 Å². The third kappa shape index (κ3) is 1.72. The van der Waals surface area contributed by atoms with Gasteiger partial charge < -0.3 is 10.6 Å². The molecule has 5 heteroatoms. The van der Waals surface area contributed by atoms with Crippen molar-refractivity contribution in [2.75, 3.05) is 19.4 Å². The third-order valence-corrected chi connectivity index (χ3v) is 5.77. The van der Waals surface area contributed by atoms with Crippen molar-refractivity contribution in [2.45, 2.75) is 50.6 Å². The van der Waals surface area contributed by atoms with E-state index in [4.69, 9.17) is 0 Å². The van der Waals surface area contributed by atoms with Crippen molar-refractivity contribution in [1.29, 1.82) is 0 Å². The van der Waals surface area contributed by atoms with E-state index in [1.54, 1.807) is 0 Å². The first-order valence-electron chi connectivity index (χ1n) is 8.01. The van der Waals surface area contributed by atoms with Crippen molar-refractivity contribution < 1.29 is 0 Å². The summed E-state index contributed by atoms with van der Waals surface area (Å²) in [6.45, 7) is 0.802. The standard InChI is InChI=1S/C15H25N5/c1-16-9-13-18-19-14(17-2)20(13)15-6-10-3-11(7-15)5-12(4-10)8-15/h10-12,16H,3-9H2,1-2H3,(H,17,19). The molecule has 4 aliphatic carbocycles. The molecule has 0 saturated heterocycles. The van der Waals surface area contributed by atoms with Crippen LogP contribution in [0.2, 0.25) is 0 Å². The van der Waals surface area contributed by atoms with E-state index in [1.807, 2.05) is 14.1 Å². The van der Waals surface area contributed by atoms with Gasteiger partial charge in [0.1, 0.15) is 5.82 Å². The van der Waals surface area contributed by atoms with Gasteiger partial charge in [0, 0.05) is 7.05 Å². The summed E-state index contributed by atoms with van der Waals surface area (Å²) in [4.78, 5) is 0. The van der Waals surface area contributed by atoms with Crippen LogP contribution in [-0.4, -0.2) is 28.9 Å². The lowest BCUT2D eigenvalue weighted by molar-refractivity contribution is -0.0435. The molecule has 0 spiro atoms. The zero-order valence-corrected chi connectivity index (χ0v) is 12.5. The number of hydrogen-bond donors (Lipinski definition) is 2. The van der Waals surface area contributed by atoms with Crippen molar-refractivity contribution >= 4 is 5.95 Å². The SMILES string of the molecule is CNCc1nnc(NC)n1C12CC3CC(CC(C3)C1)C2. The molecule has 0 amide bonds. The van der Waals surface area contributed by atoms with Crippen LogP contribution in [0.1, 0.15) is 44.3 Å². The molecule has 0 aliphatic heterocycles. The minimum absolute atomic E-state index is 0.294. The predicted octanol–water partition coefficient (Wildman–Crippen LogP) is 1.96. The van der Waals surface area contributed by atoms with Crippen molar-refractivity contribution in [3.05, 3.63) is 5.82 Å². The average Bonchev–Trinajstić information content (AvgIpc) is 2.81. The molecule has 2 N–H and O–H groups in total. The van der Waals surface area contributed by atoms with E-state index in [0.29, 0.717) is 5.54 Å². The second kappa shape index (κ2) is 4.45. The average molecular weight is 275 g/mol. The van der Waals surface area contributed by atoms with Crippen LogP contribution in [0.15, 0.2) is 0 Å². The summed E-state index contributed by atoms with van der Waals surface area (Å²) in [5, 5.41) is 15.3. The Morgan fingerprint density at radius 2 is 1.65 bits per heavy atom. The molecule has 1 aromatic rings. The lowest BCUT2D eigenvalue weighted by Gasteiger charge is -2.57. The maximum absolute atomic E-state index is 4.42.